The maximum Gasteiger partial charge on any atom is 0.233 e. The molecular weight excluding hydrogens is 385 g/mol. The number of aromatic nitrogens is 2. The predicted molar refractivity (Wildman–Crippen MR) is 110 cm³/mol. The molecule has 2 aliphatic heterocycles. The number of nitrogens with zero attached hydrogens (tertiary/aromatic N) is 2. The zero-order chi connectivity index (χ0) is 20.7. The highest BCUT2D eigenvalue weighted by Crippen LogP contribution is 2.34. The lowest BCUT2D eigenvalue weighted by atomic mass is 9.84. The fourth-order valence-electron chi connectivity index (χ4n) is 4.48. The van der Waals surface area contributed by atoms with Crippen LogP contribution in [0.4, 0.5) is 4.39 Å². The van der Waals surface area contributed by atoms with Gasteiger partial charge in [-0.1, -0.05) is 12.5 Å². The second kappa shape index (κ2) is 7.72. The maximum atomic E-state index is 14.7. The second-order valence-corrected chi connectivity index (χ2v) is 8.17. The fourth-order valence-corrected chi connectivity index (χ4v) is 4.48. The van der Waals surface area contributed by atoms with Crippen LogP contribution in [0.5, 0.6) is 11.6 Å². The average molecular weight is 409 g/mol. The molecule has 0 spiro atoms. The number of nitrogens with one attached hydrogen (secondary N) is 1. The number of furan rings is 1. The number of aryl methyl sites for hydroxylation is 1. The Kier molecular flexibility index (Phi) is 4.90. The summed E-state index contributed by atoms with van der Waals surface area (Å²) < 4.78 is 25.9. The molecule has 156 valence electrons. The number of alkyl halides is 1. The number of aromatic hydroxyl groups is 1. The molecule has 2 saturated heterocycles. The Balaban J connectivity index is 1.31. The van der Waals surface area contributed by atoms with Gasteiger partial charge in [0.1, 0.15) is 17.6 Å². The first kappa shape index (κ1) is 19.1. The molecule has 4 atom stereocenters. The van der Waals surface area contributed by atoms with Crippen molar-refractivity contribution in [2.75, 3.05) is 0 Å². The topological polar surface area (TPSA) is 80.4 Å². The van der Waals surface area contributed by atoms with E-state index in [1.165, 1.54) is 0 Å². The van der Waals surface area contributed by atoms with Gasteiger partial charge in [-0.05, 0) is 49.6 Å². The van der Waals surface area contributed by atoms with E-state index in [1.54, 1.807) is 30.5 Å². The van der Waals surface area contributed by atoms with Gasteiger partial charge in [0.25, 0.3) is 0 Å². The lowest BCUT2D eigenvalue weighted by Crippen LogP contribution is -2.59. The van der Waals surface area contributed by atoms with Crippen molar-refractivity contribution in [3.05, 3.63) is 48.4 Å². The van der Waals surface area contributed by atoms with Gasteiger partial charge in [-0.25, -0.2) is 4.39 Å². The molecule has 7 heteroatoms. The van der Waals surface area contributed by atoms with E-state index >= 15 is 0 Å². The number of hydrogen-bond acceptors (Lipinski definition) is 6. The predicted octanol–water partition coefficient (Wildman–Crippen LogP) is 4.42. The molecule has 2 bridgehead atoms. The number of ether oxygens (including phenoxy) is 1. The van der Waals surface area contributed by atoms with Crippen LogP contribution >= 0.6 is 0 Å². The molecule has 6 nitrogen and oxygen atoms in total. The summed E-state index contributed by atoms with van der Waals surface area (Å²) in [5.74, 6) is 1.21. The summed E-state index contributed by atoms with van der Waals surface area (Å²) >= 11 is 0. The molecule has 0 aliphatic carbocycles. The minimum atomic E-state index is -1.05. The summed E-state index contributed by atoms with van der Waals surface area (Å²) in [7, 11) is 0. The molecule has 3 aromatic rings. The van der Waals surface area contributed by atoms with Crippen molar-refractivity contribution in [1.29, 1.82) is 0 Å². The van der Waals surface area contributed by atoms with Crippen LogP contribution in [0.1, 0.15) is 31.4 Å². The van der Waals surface area contributed by atoms with Gasteiger partial charge in [0.15, 0.2) is 6.17 Å². The molecule has 0 radical (unpaired) electrons. The van der Waals surface area contributed by atoms with Crippen molar-refractivity contribution in [2.24, 2.45) is 0 Å². The van der Waals surface area contributed by atoms with Gasteiger partial charge in [-0.2, -0.15) is 0 Å². The molecule has 5 rings (SSSR count). The zero-order valence-electron chi connectivity index (χ0n) is 16.7. The number of rotatable bonds is 4. The average Bonchev–Trinajstić information content (AvgIpc) is 3.19. The summed E-state index contributed by atoms with van der Waals surface area (Å²) in [6.07, 6.45) is 3.70. The summed E-state index contributed by atoms with van der Waals surface area (Å²) in [6.45, 7) is 1.87. The normalized spacial score (nSPS) is 25.8. The number of fused-ring (bicyclic) bond motifs is 2. The van der Waals surface area contributed by atoms with Gasteiger partial charge in [0, 0.05) is 35.7 Å². The van der Waals surface area contributed by atoms with Gasteiger partial charge in [0.05, 0.1) is 12.0 Å². The lowest BCUT2D eigenvalue weighted by molar-refractivity contribution is 0.00652. The van der Waals surface area contributed by atoms with Crippen LogP contribution in [0.3, 0.4) is 0 Å². The van der Waals surface area contributed by atoms with Crippen molar-refractivity contribution in [1.82, 2.24) is 15.5 Å². The van der Waals surface area contributed by atoms with Crippen LogP contribution < -0.4 is 10.1 Å². The Hall–Kier alpha value is -2.93. The molecule has 0 amide bonds. The van der Waals surface area contributed by atoms with E-state index in [2.05, 4.69) is 15.5 Å². The highest BCUT2D eigenvalue weighted by atomic mass is 19.1. The van der Waals surface area contributed by atoms with Crippen molar-refractivity contribution in [2.45, 2.75) is 57.0 Å². The third kappa shape index (κ3) is 3.65. The number of piperidine rings is 2. The van der Waals surface area contributed by atoms with Gasteiger partial charge in [-0.3, -0.25) is 0 Å². The first-order valence-corrected chi connectivity index (χ1v) is 10.4. The van der Waals surface area contributed by atoms with Crippen molar-refractivity contribution in [3.8, 4) is 34.0 Å². The monoisotopic (exact) mass is 409 g/mol. The Morgan fingerprint density at radius 2 is 2.03 bits per heavy atom. The van der Waals surface area contributed by atoms with E-state index < -0.39 is 12.3 Å². The molecule has 2 N–H and O–H groups in total. The molecule has 30 heavy (non-hydrogen) atoms. The van der Waals surface area contributed by atoms with Crippen LogP contribution in [0.15, 0.2) is 47.1 Å². The number of halogens is 1. The molecule has 1 aromatic carbocycles. The molecular formula is C23H24FN3O3. The summed E-state index contributed by atoms with van der Waals surface area (Å²) in [4.78, 5) is 0. The van der Waals surface area contributed by atoms with Crippen molar-refractivity contribution >= 4 is 0 Å². The highest BCUT2D eigenvalue weighted by molar-refractivity contribution is 5.74. The Labute approximate surface area is 174 Å². The van der Waals surface area contributed by atoms with Gasteiger partial charge < -0.3 is 19.6 Å². The molecule has 2 fully saturated rings. The zero-order valence-corrected chi connectivity index (χ0v) is 16.7. The minimum absolute atomic E-state index is 0.101. The largest absolute Gasteiger partial charge is 0.507 e. The number of hydrogen-bond donors (Lipinski definition) is 2. The molecule has 2 aromatic heterocycles. The van der Waals surface area contributed by atoms with E-state index in [4.69, 9.17) is 9.15 Å². The smallest absolute Gasteiger partial charge is 0.233 e. The summed E-state index contributed by atoms with van der Waals surface area (Å²) in [6, 6.07) is 10.9. The number of phenols is 1. The van der Waals surface area contributed by atoms with Crippen LogP contribution in [0.25, 0.3) is 22.4 Å². The third-order valence-electron chi connectivity index (χ3n) is 6.02. The van der Waals surface area contributed by atoms with E-state index in [1.807, 2.05) is 19.1 Å². The summed E-state index contributed by atoms with van der Waals surface area (Å²) in [5, 5.41) is 22.1. The Morgan fingerprint density at radius 3 is 2.77 bits per heavy atom. The molecule has 2 aliphatic rings. The first-order valence-electron chi connectivity index (χ1n) is 10.4. The third-order valence-corrected chi connectivity index (χ3v) is 6.02. The van der Waals surface area contributed by atoms with Crippen LogP contribution in [-0.4, -0.2) is 39.7 Å². The number of benzene rings is 1. The lowest BCUT2D eigenvalue weighted by Gasteiger charge is -2.42. The first-order chi connectivity index (χ1) is 14.6. The standard InChI is InChI=1S/C23H24FN3O3/c1-13-9-15(12-29-13)14-5-6-17(20(28)10-14)18-7-8-22(27-26-18)30-21-11-16-3-2-4-19(25-16)23(21)24/h5-10,12,16,19,21,23,25,28H,2-4,11H2,1H3/t16?,19?,21-,23+/m1/s1. The van der Waals surface area contributed by atoms with Crippen molar-refractivity contribution in [3.63, 3.8) is 0 Å². The maximum absolute atomic E-state index is 14.7. The molecule has 0 saturated carbocycles. The van der Waals surface area contributed by atoms with E-state index in [-0.39, 0.29) is 11.8 Å². The highest BCUT2D eigenvalue weighted by Gasteiger charge is 2.41. The molecule has 2 unspecified atom stereocenters. The van der Waals surface area contributed by atoms with Crippen molar-refractivity contribution < 1.29 is 18.7 Å². The van der Waals surface area contributed by atoms with Gasteiger partial charge in [0.2, 0.25) is 5.88 Å². The van der Waals surface area contributed by atoms with Crippen LogP contribution in [0, 0.1) is 6.92 Å². The fraction of sp³-hybridized carbons (Fsp3) is 0.391. The van der Waals surface area contributed by atoms with Crippen LogP contribution in [0.2, 0.25) is 0 Å². The SMILES string of the molecule is Cc1cc(-c2ccc(-c3ccc(O[C@@H]4CC5CCCC(N5)[C@@H]4F)nn3)c(O)c2)co1. The van der Waals surface area contributed by atoms with E-state index in [9.17, 15) is 9.50 Å². The Bertz CT molecular complexity index is 1040. The molecule has 4 heterocycles. The second-order valence-electron chi connectivity index (χ2n) is 8.17. The Morgan fingerprint density at radius 1 is 1.13 bits per heavy atom. The summed E-state index contributed by atoms with van der Waals surface area (Å²) in [5.41, 5.74) is 2.84. The van der Waals surface area contributed by atoms with Gasteiger partial charge >= 0.3 is 0 Å². The quantitative estimate of drug-likeness (QED) is 0.664. The van der Waals surface area contributed by atoms with Crippen LogP contribution in [-0.2, 0) is 0 Å². The van der Waals surface area contributed by atoms with E-state index in [0.717, 1.165) is 36.1 Å². The number of phenolic OH excluding ortho intramolecular Hbond substituents is 1. The minimum Gasteiger partial charge on any atom is -0.507 e. The van der Waals surface area contributed by atoms with E-state index in [0.29, 0.717) is 29.6 Å². The van der Waals surface area contributed by atoms with Gasteiger partial charge in [-0.15, -0.1) is 10.2 Å².